The van der Waals surface area contributed by atoms with Gasteiger partial charge >= 0.3 is 0 Å². The number of sulfone groups is 1. The van der Waals surface area contributed by atoms with Gasteiger partial charge in [-0.1, -0.05) is 0 Å². The Morgan fingerprint density at radius 1 is 0.857 bits per heavy atom. The van der Waals surface area contributed by atoms with E-state index in [2.05, 4.69) is 5.32 Å². The smallest absolute Gasteiger partial charge is 0.226 e. The lowest BCUT2D eigenvalue weighted by Gasteiger charge is -2.42. The molecule has 35 heavy (non-hydrogen) atoms. The van der Waals surface area contributed by atoms with Crippen molar-refractivity contribution in [1.29, 1.82) is 0 Å². The van der Waals surface area contributed by atoms with Crippen molar-refractivity contribution in [3.05, 3.63) is 0 Å². The number of aliphatic hydroxyl groups is 1. The molecule has 0 unspecified atom stereocenters. The van der Waals surface area contributed by atoms with Crippen LogP contribution in [0, 0.1) is 17.8 Å². The van der Waals surface area contributed by atoms with Gasteiger partial charge in [0.15, 0.2) is 9.84 Å². The molecule has 0 atom stereocenters. The van der Waals surface area contributed by atoms with Gasteiger partial charge in [0, 0.05) is 31.0 Å². The van der Waals surface area contributed by atoms with E-state index in [0.29, 0.717) is 43.5 Å². The topological polar surface area (TPSA) is 104 Å². The van der Waals surface area contributed by atoms with Crippen molar-refractivity contribution < 1.29 is 23.1 Å². The predicted octanol–water partition coefficient (Wildman–Crippen LogP) is 3.34. The highest BCUT2D eigenvalue weighted by molar-refractivity contribution is 7.92. The predicted molar refractivity (Wildman–Crippen MR) is 134 cm³/mol. The molecule has 8 heteroatoms. The first-order valence-electron chi connectivity index (χ1n) is 14.2. The molecule has 5 saturated carbocycles. The van der Waals surface area contributed by atoms with Crippen LogP contribution in [0.25, 0.3) is 0 Å². The SMILES string of the molecule is O=C(CC1CCC(S(=O)(=O)CC2CC2)CC1)NC1CCC(C(=O)N(CC2(O)CCC2)C2CC2)CC1. The van der Waals surface area contributed by atoms with E-state index in [0.717, 1.165) is 83.5 Å². The van der Waals surface area contributed by atoms with Crippen LogP contribution in [0.15, 0.2) is 0 Å². The van der Waals surface area contributed by atoms with Crippen LogP contribution >= 0.6 is 0 Å². The lowest BCUT2D eigenvalue weighted by molar-refractivity contribution is -0.144. The maximum atomic E-state index is 13.2. The van der Waals surface area contributed by atoms with Crippen molar-refractivity contribution in [2.75, 3.05) is 12.3 Å². The van der Waals surface area contributed by atoms with Crippen LogP contribution in [-0.4, -0.2) is 65.5 Å². The Bertz CT molecular complexity index is 877. The maximum absolute atomic E-state index is 13.2. The van der Waals surface area contributed by atoms with E-state index < -0.39 is 15.4 Å². The van der Waals surface area contributed by atoms with Gasteiger partial charge in [-0.2, -0.15) is 0 Å². The molecule has 0 bridgehead atoms. The Hall–Kier alpha value is -1.15. The first-order valence-corrected chi connectivity index (χ1v) is 16.0. The van der Waals surface area contributed by atoms with E-state index in [1.807, 2.05) is 4.90 Å². The summed E-state index contributed by atoms with van der Waals surface area (Å²) in [4.78, 5) is 27.9. The third-order valence-electron chi connectivity index (χ3n) is 9.40. The monoisotopic (exact) mass is 508 g/mol. The minimum atomic E-state index is -2.97. The fourth-order valence-electron chi connectivity index (χ4n) is 6.55. The van der Waals surface area contributed by atoms with Crippen molar-refractivity contribution >= 4 is 21.7 Å². The number of hydrogen-bond donors (Lipinski definition) is 2. The molecule has 0 aromatic carbocycles. The highest BCUT2D eigenvalue weighted by atomic mass is 32.2. The second-order valence-electron chi connectivity index (χ2n) is 12.5. The van der Waals surface area contributed by atoms with E-state index >= 15 is 0 Å². The van der Waals surface area contributed by atoms with Crippen LogP contribution < -0.4 is 5.32 Å². The number of carbonyl (C=O) groups is 2. The third kappa shape index (κ3) is 6.60. The van der Waals surface area contributed by atoms with Crippen LogP contribution in [0.5, 0.6) is 0 Å². The first kappa shape index (κ1) is 25.5. The quantitative estimate of drug-likeness (QED) is 0.471. The molecule has 5 aliphatic rings. The molecule has 0 aliphatic heterocycles. The molecule has 0 aromatic heterocycles. The summed E-state index contributed by atoms with van der Waals surface area (Å²) in [6.45, 7) is 0.497. The Morgan fingerprint density at radius 3 is 2.03 bits per heavy atom. The molecule has 5 fully saturated rings. The summed E-state index contributed by atoms with van der Waals surface area (Å²) in [5.41, 5.74) is -0.663. The average Bonchev–Trinajstić information content (AvgIpc) is 3.72. The second kappa shape index (κ2) is 10.3. The Kier molecular flexibility index (Phi) is 7.51. The molecule has 2 N–H and O–H groups in total. The van der Waals surface area contributed by atoms with Gasteiger partial charge in [0.1, 0.15) is 0 Å². The van der Waals surface area contributed by atoms with Crippen molar-refractivity contribution in [3.63, 3.8) is 0 Å². The third-order valence-corrected chi connectivity index (χ3v) is 11.8. The molecule has 198 valence electrons. The maximum Gasteiger partial charge on any atom is 0.226 e. The van der Waals surface area contributed by atoms with Gasteiger partial charge in [0.25, 0.3) is 0 Å². The molecule has 0 spiro atoms. The number of amides is 2. The van der Waals surface area contributed by atoms with Crippen LogP contribution in [0.1, 0.15) is 103 Å². The summed E-state index contributed by atoms with van der Waals surface area (Å²) in [5.74, 6) is 1.36. The van der Waals surface area contributed by atoms with Crippen LogP contribution in [0.3, 0.4) is 0 Å². The van der Waals surface area contributed by atoms with Gasteiger partial charge in [0.05, 0.1) is 16.6 Å². The van der Waals surface area contributed by atoms with Gasteiger partial charge in [-0.05, 0) is 108 Å². The lowest BCUT2D eigenvalue weighted by Crippen LogP contribution is -2.52. The molecule has 0 heterocycles. The molecule has 7 nitrogen and oxygen atoms in total. The van der Waals surface area contributed by atoms with Crippen molar-refractivity contribution in [2.45, 2.75) is 126 Å². The van der Waals surface area contributed by atoms with Gasteiger partial charge < -0.3 is 15.3 Å². The molecule has 0 radical (unpaired) electrons. The fraction of sp³-hybridized carbons (Fsp3) is 0.926. The molecule has 2 amide bonds. The Labute approximate surface area is 210 Å². The standard InChI is InChI=1S/C27H44N2O5S/c30-25(16-19-4-12-24(13-5-19)35(33,34)17-20-2-3-20)28-22-8-6-21(7-9-22)26(31)29(23-10-11-23)18-27(32)14-1-15-27/h19-24,32H,1-18H2,(H,28,30). The zero-order chi connectivity index (χ0) is 24.6. The molecule has 5 rings (SSSR count). The van der Waals surface area contributed by atoms with E-state index in [4.69, 9.17) is 0 Å². The zero-order valence-corrected chi connectivity index (χ0v) is 21.9. The normalized spacial score (nSPS) is 32.9. The molecule has 5 aliphatic carbocycles. The lowest BCUT2D eigenvalue weighted by atomic mass is 9.79. The van der Waals surface area contributed by atoms with Crippen molar-refractivity contribution in [2.24, 2.45) is 17.8 Å². The van der Waals surface area contributed by atoms with Gasteiger partial charge in [-0.15, -0.1) is 0 Å². The Balaban J connectivity index is 1.02. The van der Waals surface area contributed by atoms with E-state index in [1.165, 1.54) is 0 Å². The molecule has 0 saturated heterocycles. The van der Waals surface area contributed by atoms with E-state index in [9.17, 15) is 23.1 Å². The average molecular weight is 509 g/mol. The van der Waals surface area contributed by atoms with Crippen molar-refractivity contribution in [3.8, 4) is 0 Å². The largest absolute Gasteiger partial charge is 0.388 e. The minimum absolute atomic E-state index is 0.0142. The highest BCUT2D eigenvalue weighted by Crippen LogP contribution is 2.39. The molecule has 0 aromatic rings. The fourth-order valence-corrected chi connectivity index (χ4v) is 8.80. The highest BCUT2D eigenvalue weighted by Gasteiger charge is 2.44. The van der Waals surface area contributed by atoms with Gasteiger partial charge in [-0.25, -0.2) is 8.42 Å². The minimum Gasteiger partial charge on any atom is -0.388 e. The summed E-state index contributed by atoms with van der Waals surface area (Å²) in [6, 6.07) is 0.454. The van der Waals surface area contributed by atoms with E-state index in [1.54, 1.807) is 0 Å². The van der Waals surface area contributed by atoms with Crippen molar-refractivity contribution in [1.82, 2.24) is 10.2 Å². The summed E-state index contributed by atoms with van der Waals surface area (Å²) in [6.07, 6.45) is 13.7. The summed E-state index contributed by atoms with van der Waals surface area (Å²) in [5, 5.41) is 13.6. The van der Waals surface area contributed by atoms with Gasteiger partial charge in [0.2, 0.25) is 11.8 Å². The first-order chi connectivity index (χ1) is 16.7. The molecular weight excluding hydrogens is 464 g/mol. The van der Waals surface area contributed by atoms with Crippen LogP contribution in [0.2, 0.25) is 0 Å². The van der Waals surface area contributed by atoms with Gasteiger partial charge in [-0.3, -0.25) is 9.59 Å². The van der Waals surface area contributed by atoms with Crippen LogP contribution in [0.4, 0.5) is 0 Å². The zero-order valence-electron chi connectivity index (χ0n) is 21.1. The Morgan fingerprint density at radius 2 is 1.49 bits per heavy atom. The van der Waals surface area contributed by atoms with Crippen LogP contribution in [-0.2, 0) is 19.4 Å². The summed E-state index contributed by atoms with van der Waals surface area (Å²) >= 11 is 0. The number of hydrogen-bond acceptors (Lipinski definition) is 5. The number of carbonyl (C=O) groups excluding carboxylic acids is 2. The summed E-state index contributed by atoms with van der Waals surface area (Å²) < 4.78 is 25.1. The number of rotatable bonds is 10. The second-order valence-corrected chi connectivity index (χ2v) is 14.8. The van der Waals surface area contributed by atoms with E-state index in [-0.39, 0.29) is 34.9 Å². The summed E-state index contributed by atoms with van der Waals surface area (Å²) in [7, 11) is -2.97. The number of nitrogens with zero attached hydrogens (tertiary/aromatic N) is 1. The number of nitrogens with one attached hydrogen (secondary N) is 1. The molecular formula is C27H44N2O5S.